The van der Waals surface area contributed by atoms with E-state index in [9.17, 15) is 4.79 Å². The Balaban J connectivity index is 3.55. The number of carboxylic acid groups (broad SMARTS) is 1. The Hall–Kier alpha value is 0.770. The molecule has 0 amide bonds. The number of halogens is 3. The Morgan fingerprint density at radius 2 is 1.88 bits per heavy atom. The SMILES string of the molecule is O=C(O)C[PH](Cl)(Cl)Cl. The van der Waals surface area contributed by atoms with E-state index >= 15 is 0 Å². The number of hydrogen-bond acceptors (Lipinski definition) is 1. The van der Waals surface area contributed by atoms with Crippen LogP contribution in [0.25, 0.3) is 0 Å². The Kier molecular flexibility index (Phi) is 3.37. The monoisotopic (exact) mass is 196 g/mol. The van der Waals surface area contributed by atoms with Gasteiger partial charge in [0.2, 0.25) is 0 Å². The third kappa shape index (κ3) is 6.77. The summed E-state index contributed by atoms with van der Waals surface area (Å²) in [6.45, 7) is 0. The van der Waals surface area contributed by atoms with Gasteiger partial charge in [0.1, 0.15) is 0 Å². The van der Waals surface area contributed by atoms with E-state index in [2.05, 4.69) is 0 Å². The molecule has 0 aromatic carbocycles. The predicted octanol–water partition coefficient (Wildman–Crippen LogP) is 2.28. The van der Waals surface area contributed by atoms with Gasteiger partial charge in [-0.2, -0.15) is 0 Å². The first-order valence-electron chi connectivity index (χ1n) is 1.70. The van der Waals surface area contributed by atoms with Crippen molar-refractivity contribution >= 4 is 45.0 Å². The van der Waals surface area contributed by atoms with Crippen LogP contribution in [0, 0.1) is 0 Å². The molecule has 0 aliphatic rings. The van der Waals surface area contributed by atoms with Crippen molar-refractivity contribution in [3.63, 3.8) is 0 Å². The molecule has 0 heterocycles. The number of rotatable bonds is 2. The summed E-state index contributed by atoms with van der Waals surface area (Å²) in [6.07, 6.45) is -0.322. The van der Waals surface area contributed by atoms with E-state index in [1.165, 1.54) is 0 Å². The molecule has 0 aliphatic heterocycles. The molecule has 0 bridgehead atoms. The fourth-order valence-electron chi connectivity index (χ4n) is 0.171. The average molecular weight is 197 g/mol. The van der Waals surface area contributed by atoms with E-state index in [1.807, 2.05) is 0 Å². The van der Waals surface area contributed by atoms with E-state index in [1.54, 1.807) is 0 Å². The van der Waals surface area contributed by atoms with Crippen molar-refractivity contribution in [1.29, 1.82) is 0 Å². The molecule has 0 unspecified atom stereocenters. The van der Waals surface area contributed by atoms with Crippen LogP contribution < -0.4 is 0 Å². The van der Waals surface area contributed by atoms with Gasteiger partial charge < -0.3 is 0 Å². The molecule has 2 nitrogen and oxygen atoms in total. The van der Waals surface area contributed by atoms with Crippen LogP contribution in [0.5, 0.6) is 0 Å². The van der Waals surface area contributed by atoms with Gasteiger partial charge in [-0.3, -0.25) is 0 Å². The quantitative estimate of drug-likeness (QED) is 0.690. The van der Waals surface area contributed by atoms with E-state index in [4.69, 9.17) is 38.8 Å². The summed E-state index contributed by atoms with van der Waals surface area (Å²) in [7, 11) is 0. The van der Waals surface area contributed by atoms with Crippen LogP contribution in [0.15, 0.2) is 0 Å². The molecule has 50 valence electrons. The Labute approximate surface area is 61.4 Å². The average Bonchev–Trinajstić information content (AvgIpc) is 1.21. The fourth-order valence-corrected chi connectivity index (χ4v) is 1.54. The molecule has 0 atom stereocenters. The van der Waals surface area contributed by atoms with Gasteiger partial charge in [-0.25, -0.2) is 0 Å². The summed E-state index contributed by atoms with van der Waals surface area (Å²) >= 11 is 15.7. The van der Waals surface area contributed by atoms with Crippen molar-refractivity contribution in [3.8, 4) is 0 Å². The van der Waals surface area contributed by atoms with Crippen LogP contribution >= 0.6 is 39.0 Å². The van der Waals surface area contributed by atoms with Crippen molar-refractivity contribution < 1.29 is 9.90 Å². The van der Waals surface area contributed by atoms with Crippen LogP contribution in [0.4, 0.5) is 0 Å². The van der Waals surface area contributed by atoms with Gasteiger partial charge in [0, 0.05) is 0 Å². The van der Waals surface area contributed by atoms with Gasteiger partial charge in [-0.1, -0.05) is 0 Å². The molecule has 8 heavy (non-hydrogen) atoms. The zero-order valence-corrected chi connectivity index (χ0v) is 6.96. The van der Waals surface area contributed by atoms with Crippen molar-refractivity contribution in [2.24, 2.45) is 0 Å². The van der Waals surface area contributed by atoms with Crippen molar-refractivity contribution in [3.05, 3.63) is 0 Å². The summed E-state index contributed by atoms with van der Waals surface area (Å²) in [6, 6.07) is 0. The summed E-state index contributed by atoms with van der Waals surface area (Å²) in [5.41, 5.74) is 0. The Morgan fingerprint density at radius 1 is 1.50 bits per heavy atom. The van der Waals surface area contributed by atoms with E-state index in [-0.39, 0.29) is 6.16 Å². The molecule has 0 spiro atoms. The Bertz CT molecular complexity index is 97.9. The van der Waals surface area contributed by atoms with Gasteiger partial charge in [-0.15, -0.1) is 0 Å². The molecule has 0 radical (unpaired) electrons. The van der Waals surface area contributed by atoms with Crippen LogP contribution in [0.3, 0.4) is 0 Å². The van der Waals surface area contributed by atoms with E-state index in [0.29, 0.717) is 0 Å². The van der Waals surface area contributed by atoms with Crippen LogP contribution in [-0.4, -0.2) is 17.2 Å². The first kappa shape index (κ1) is 8.77. The third-order valence-electron chi connectivity index (χ3n) is 0.352. The van der Waals surface area contributed by atoms with Gasteiger partial charge in [-0.05, 0) is 0 Å². The van der Waals surface area contributed by atoms with Crippen molar-refractivity contribution in [1.82, 2.24) is 0 Å². The standard InChI is InChI=1S/C2H4Cl3O2P/c3-8(4,5)1-2(6)7/h8H,1H2,(H,6,7). The summed E-state index contributed by atoms with van der Waals surface area (Å²) in [4.78, 5) is 9.80. The summed E-state index contributed by atoms with van der Waals surface area (Å²) < 4.78 is 0. The van der Waals surface area contributed by atoms with Gasteiger partial charge in [0.25, 0.3) is 0 Å². The minimum absolute atomic E-state index is 0.322. The number of hydrogen-bond donors (Lipinski definition) is 1. The maximum atomic E-state index is 9.80. The zero-order chi connectivity index (χ0) is 6.78. The molecular weight excluding hydrogens is 193 g/mol. The molecule has 0 rings (SSSR count). The molecule has 1 N–H and O–H groups in total. The molecule has 0 fully saturated rings. The molecule has 6 heteroatoms. The molecule has 0 saturated heterocycles. The number of carboxylic acids is 1. The van der Waals surface area contributed by atoms with E-state index in [0.717, 1.165) is 0 Å². The van der Waals surface area contributed by atoms with Crippen molar-refractivity contribution in [2.45, 2.75) is 0 Å². The molecule has 0 aromatic heterocycles. The van der Waals surface area contributed by atoms with Crippen LogP contribution in [0.1, 0.15) is 0 Å². The van der Waals surface area contributed by atoms with Crippen molar-refractivity contribution in [2.75, 3.05) is 6.16 Å². The van der Waals surface area contributed by atoms with Gasteiger partial charge in [0.15, 0.2) is 0 Å². The normalized spacial score (nSPS) is 13.4. The molecule has 0 saturated carbocycles. The molecular formula is C2H4Cl3O2P. The summed E-state index contributed by atoms with van der Waals surface area (Å²) in [5, 5.41) is 5.13. The zero-order valence-electron chi connectivity index (χ0n) is 3.70. The first-order valence-corrected chi connectivity index (χ1v) is 6.94. The van der Waals surface area contributed by atoms with Gasteiger partial charge in [0.05, 0.1) is 0 Å². The summed E-state index contributed by atoms with van der Waals surface area (Å²) in [5.74, 6) is -1.06. The number of aliphatic carboxylic acids is 1. The van der Waals surface area contributed by atoms with Crippen LogP contribution in [-0.2, 0) is 4.79 Å². The van der Waals surface area contributed by atoms with Gasteiger partial charge >= 0.3 is 61.1 Å². The second-order valence-corrected chi connectivity index (χ2v) is 10.3. The predicted molar refractivity (Wildman–Crippen MR) is 38.4 cm³/mol. The molecule has 0 aromatic rings. The molecule has 0 aliphatic carbocycles. The first-order chi connectivity index (χ1) is 3.42. The maximum absolute atomic E-state index is 9.80. The third-order valence-corrected chi connectivity index (χ3v) is 2.26. The fraction of sp³-hybridized carbons (Fsp3) is 0.500. The van der Waals surface area contributed by atoms with E-state index < -0.39 is 11.3 Å². The number of carbonyl (C=O) groups is 1. The second-order valence-electron chi connectivity index (χ2n) is 1.19. The van der Waals surface area contributed by atoms with Crippen LogP contribution in [0.2, 0.25) is 0 Å². The topological polar surface area (TPSA) is 37.3 Å². The minimum atomic E-state index is -2.90. The second kappa shape index (κ2) is 3.07. The Morgan fingerprint density at radius 3 is 1.88 bits per heavy atom.